The summed E-state index contributed by atoms with van der Waals surface area (Å²) in [6, 6.07) is 0. The Bertz CT molecular complexity index is 1710. The molecular weight excluding hydrogens is 937 g/mol. The largest absolute Gasteiger partial charge is 0.458 e. The molecule has 5 rings (SSSR count). The van der Waals surface area contributed by atoms with Gasteiger partial charge in [0.1, 0.15) is 24.4 Å². The third kappa shape index (κ3) is 14.4. The van der Waals surface area contributed by atoms with E-state index in [1.54, 1.807) is 79.7 Å². The molecule has 412 valence electrons. The van der Waals surface area contributed by atoms with Crippen LogP contribution in [0.25, 0.3) is 0 Å². The van der Waals surface area contributed by atoms with Crippen LogP contribution in [0.15, 0.2) is 48.6 Å². The van der Waals surface area contributed by atoms with E-state index in [1.165, 1.54) is 24.3 Å². The number of esters is 2. The number of carbonyl (C=O) groups excluding carboxylic acids is 2. The van der Waals surface area contributed by atoms with E-state index in [4.69, 9.17) is 37.9 Å². The van der Waals surface area contributed by atoms with Crippen molar-refractivity contribution in [2.75, 3.05) is 0 Å². The number of aliphatic hydroxyl groups excluding tert-OH is 6. The average molecular weight is 1030 g/mol. The van der Waals surface area contributed by atoms with Crippen LogP contribution in [-0.4, -0.2) is 162 Å². The molecule has 4 saturated heterocycles. The van der Waals surface area contributed by atoms with Gasteiger partial charge in [0.2, 0.25) is 0 Å². The van der Waals surface area contributed by atoms with E-state index in [9.17, 15) is 50.4 Å². The van der Waals surface area contributed by atoms with Gasteiger partial charge in [-0.1, -0.05) is 91.8 Å². The van der Waals surface area contributed by atoms with E-state index in [0.717, 1.165) is 0 Å². The maximum atomic E-state index is 13.5. The zero-order chi connectivity index (χ0) is 53.6. The number of hydrogen-bond acceptors (Lipinski definition) is 18. The zero-order valence-corrected chi connectivity index (χ0v) is 44.4. The molecule has 26 atom stereocenters. The highest BCUT2D eigenvalue weighted by Gasteiger charge is 2.54. The molecule has 0 radical (unpaired) electrons. The van der Waals surface area contributed by atoms with Gasteiger partial charge < -0.3 is 78.7 Å². The molecule has 0 amide bonds. The molecule has 5 aliphatic heterocycles. The summed E-state index contributed by atoms with van der Waals surface area (Å²) in [5.41, 5.74) is 0. The van der Waals surface area contributed by atoms with Gasteiger partial charge in [-0.15, -0.1) is 0 Å². The van der Waals surface area contributed by atoms with Crippen LogP contribution in [0.1, 0.15) is 122 Å². The SMILES string of the molecule is CCC1C(C)O[C@@](O)(C(C)C(O)C(C)C2OC(=O)C=CC=CC(C)C(C(C)C(O)C(C)[C@@]3(O)CC(OC4CC(O)C(O)C(C)O4)C(CC)C(C)O3)OC(=O)C=CC=CC2C)CC1OC1CC(O)C(O)C(C)O1. The van der Waals surface area contributed by atoms with Crippen molar-refractivity contribution in [1.29, 1.82) is 0 Å². The molecule has 4 fully saturated rings. The third-order valence-electron chi connectivity index (χ3n) is 16.5. The molecule has 0 aromatic heterocycles. The first-order valence-corrected chi connectivity index (χ1v) is 26.4. The Morgan fingerprint density at radius 2 is 0.931 bits per heavy atom. The van der Waals surface area contributed by atoms with Gasteiger partial charge in [0.25, 0.3) is 0 Å². The van der Waals surface area contributed by atoms with Crippen molar-refractivity contribution in [1.82, 2.24) is 0 Å². The predicted octanol–water partition coefficient (Wildman–Crippen LogP) is 4.12. The number of aliphatic hydroxyl groups is 8. The van der Waals surface area contributed by atoms with Crippen LogP contribution < -0.4 is 0 Å². The van der Waals surface area contributed by atoms with Crippen LogP contribution in [0.3, 0.4) is 0 Å². The molecule has 0 bridgehead atoms. The first kappa shape index (κ1) is 60.2. The summed E-state index contributed by atoms with van der Waals surface area (Å²) < 4.78 is 49.1. The topological polar surface area (TPSA) is 270 Å². The Hall–Kier alpha value is -2.66. The third-order valence-corrected chi connectivity index (χ3v) is 16.5. The van der Waals surface area contributed by atoms with Crippen LogP contribution in [0.2, 0.25) is 0 Å². The standard InChI is InChI=1S/C54H88O18/c1-13-37-33(9)71-53(63,25-41(37)67-45-23-39(55)49(61)35(11)65-45)31(7)47(59)29(5)51-27(3)19-15-17-22-44(58)70-52(28(4)20-16-18-21-43(57)69-51)30(6)48(60)32(8)54(64)26-42(38(14-2)34(10)72-54)68-46-24-40(56)50(62)36(12)66-46/h15-22,27-42,45-52,55-56,59-64H,13-14,23-26H2,1-12H3/t27?,28?,29?,30?,31?,32?,33?,34?,35?,36?,37?,38?,39?,40?,41?,42?,45?,46?,47?,48?,49?,50?,51?,52?,53-,54-/m1/s1. The van der Waals surface area contributed by atoms with Gasteiger partial charge in [0, 0.05) is 85.2 Å². The van der Waals surface area contributed by atoms with Crippen LogP contribution in [0.5, 0.6) is 0 Å². The Labute approximate surface area is 426 Å². The summed E-state index contributed by atoms with van der Waals surface area (Å²) in [7, 11) is 0. The van der Waals surface area contributed by atoms with Gasteiger partial charge in [0.05, 0.1) is 61.0 Å². The van der Waals surface area contributed by atoms with E-state index in [-0.39, 0.29) is 37.5 Å². The summed E-state index contributed by atoms with van der Waals surface area (Å²) >= 11 is 0. The number of hydrogen-bond donors (Lipinski definition) is 8. The Morgan fingerprint density at radius 1 is 0.583 bits per heavy atom. The van der Waals surface area contributed by atoms with E-state index in [2.05, 4.69) is 0 Å². The molecule has 8 N–H and O–H groups in total. The lowest BCUT2D eigenvalue weighted by atomic mass is 9.76. The number of ether oxygens (including phenoxy) is 8. The van der Waals surface area contributed by atoms with E-state index < -0.39 is 157 Å². The van der Waals surface area contributed by atoms with E-state index in [1.807, 2.05) is 27.7 Å². The Balaban J connectivity index is 1.28. The molecule has 24 unspecified atom stereocenters. The fourth-order valence-electron chi connectivity index (χ4n) is 11.6. The summed E-state index contributed by atoms with van der Waals surface area (Å²) in [4.78, 5) is 27.0. The molecular formula is C54H88O18. The van der Waals surface area contributed by atoms with Crippen LogP contribution in [0, 0.1) is 47.3 Å². The quantitative estimate of drug-likeness (QED) is 0.114. The van der Waals surface area contributed by atoms with Crippen molar-refractivity contribution in [2.24, 2.45) is 47.3 Å². The minimum atomic E-state index is -1.88. The van der Waals surface area contributed by atoms with Crippen LogP contribution >= 0.6 is 0 Å². The maximum Gasteiger partial charge on any atom is 0.331 e. The fourth-order valence-corrected chi connectivity index (χ4v) is 11.6. The molecule has 5 aliphatic rings. The molecule has 72 heavy (non-hydrogen) atoms. The number of rotatable bonds is 14. The highest BCUT2D eigenvalue weighted by molar-refractivity contribution is 5.83. The van der Waals surface area contributed by atoms with Gasteiger partial charge in [-0.05, 0) is 40.5 Å². The first-order chi connectivity index (χ1) is 33.7. The molecule has 0 aromatic carbocycles. The lowest BCUT2D eigenvalue weighted by molar-refractivity contribution is -0.345. The second-order valence-electron chi connectivity index (χ2n) is 21.7. The maximum absolute atomic E-state index is 13.5. The minimum absolute atomic E-state index is 0.0264. The minimum Gasteiger partial charge on any atom is -0.458 e. The summed E-state index contributed by atoms with van der Waals surface area (Å²) in [6.07, 6.45) is -0.317. The van der Waals surface area contributed by atoms with Crippen molar-refractivity contribution in [3.63, 3.8) is 0 Å². The molecule has 18 heteroatoms. The highest BCUT2D eigenvalue weighted by atomic mass is 16.7. The van der Waals surface area contributed by atoms with Crippen LogP contribution in [-0.2, 0) is 47.5 Å². The van der Waals surface area contributed by atoms with Gasteiger partial charge in [-0.3, -0.25) is 0 Å². The smallest absolute Gasteiger partial charge is 0.331 e. The summed E-state index contributed by atoms with van der Waals surface area (Å²) in [6.45, 7) is 21.3. The second kappa shape index (κ2) is 25.9. The summed E-state index contributed by atoms with van der Waals surface area (Å²) in [5, 5.41) is 89.6. The predicted molar refractivity (Wildman–Crippen MR) is 263 cm³/mol. The van der Waals surface area contributed by atoms with Crippen molar-refractivity contribution >= 4 is 11.9 Å². The number of carbonyl (C=O) groups is 2. The average Bonchev–Trinajstić information content (AvgIpc) is 3.31. The molecule has 0 spiro atoms. The van der Waals surface area contributed by atoms with E-state index in [0.29, 0.717) is 12.8 Å². The molecule has 0 aromatic rings. The number of cyclic esters (lactones) is 2. The number of allylic oxidation sites excluding steroid dienone is 4. The Kier molecular flexibility index (Phi) is 21.7. The lowest BCUT2D eigenvalue weighted by Gasteiger charge is -2.50. The monoisotopic (exact) mass is 1020 g/mol. The zero-order valence-electron chi connectivity index (χ0n) is 44.4. The fraction of sp³-hybridized carbons (Fsp3) is 0.815. The van der Waals surface area contributed by atoms with E-state index >= 15 is 0 Å². The van der Waals surface area contributed by atoms with Gasteiger partial charge >= 0.3 is 11.9 Å². The summed E-state index contributed by atoms with van der Waals surface area (Å²) in [5.74, 6) is -9.84. The van der Waals surface area contributed by atoms with Gasteiger partial charge in [-0.25, -0.2) is 9.59 Å². The molecule has 5 heterocycles. The molecule has 18 nitrogen and oxygen atoms in total. The normalized spacial score (nSPS) is 44.3. The van der Waals surface area contributed by atoms with Crippen molar-refractivity contribution < 1.29 is 88.3 Å². The van der Waals surface area contributed by atoms with Crippen molar-refractivity contribution in [2.45, 2.75) is 231 Å². The van der Waals surface area contributed by atoms with Crippen molar-refractivity contribution in [3.05, 3.63) is 48.6 Å². The highest BCUT2D eigenvalue weighted by Crippen LogP contribution is 2.45. The Morgan fingerprint density at radius 3 is 1.25 bits per heavy atom. The van der Waals surface area contributed by atoms with Crippen LogP contribution in [0.4, 0.5) is 0 Å². The van der Waals surface area contributed by atoms with Gasteiger partial charge in [0.15, 0.2) is 24.2 Å². The first-order valence-electron chi connectivity index (χ1n) is 26.4. The second-order valence-corrected chi connectivity index (χ2v) is 21.7. The van der Waals surface area contributed by atoms with Crippen molar-refractivity contribution in [3.8, 4) is 0 Å². The van der Waals surface area contributed by atoms with Gasteiger partial charge in [-0.2, -0.15) is 0 Å². The lowest BCUT2D eigenvalue weighted by Crippen LogP contribution is -2.59. The molecule has 0 saturated carbocycles. The molecule has 0 aliphatic carbocycles.